The van der Waals surface area contributed by atoms with Crippen molar-refractivity contribution in [3.8, 4) is 0 Å². The van der Waals surface area contributed by atoms with Crippen LogP contribution in [0.5, 0.6) is 0 Å². The lowest BCUT2D eigenvalue weighted by molar-refractivity contribution is -0.212. The highest BCUT2D eigenvalue weighted by Gasteiger charge is 2.51. The van der Waals surface area contributed by atoms with Gasteiger partial charge in [-0.1, -0.05) is 20.8 Å². The summed E-state index contributed by atoms with van der Waals surface area (Å²) in [6.07, 6.45) is 8.69. The molecule has 4 fully saturated rings. The Balaban J connectivity index is 1.46. The summed E-state index contributed by atoms with van der Waals surface area (Å²) in [6.45, 7) is 6.38. The summed E-state index contributed by atoms with van der Waals surface area (Å²) in [5, 5.41) is 0. The Hall–Kier alpha value is -0.570. The number of ether oxygens (including phenoxy) is 2. The molecule has 0 saturated heterocycles. The van der Waals surface area contributed by atoms with Gasteiger partial charge in [0.1, 0.15) is 0 Å². The lowest BCUT2D eigenvalue weighted by atomic mass is 9.54. The van der Waals surface area contributed by atoms with Crippen LogP contribution in [0.4, 0.5) is 0 Å². The molecule has 0 N–H and O–H groups in total. The van der Waals surface area contributed by atoms with Gasteiger partial charge in [0.2, 0.25) is 0 Å². The van der Waals surface area contributed by atoms with Crippen LogP contribution >= 0.6 is 0 Å². The van der Waals surface area contributed by atoms with Crippen LogP contribution in [0, 0.1) is 29.6 Å². The van der Waals surface area contributed by atoms with E-state index in [0.29, 0.717) is 5.92 Å². The lowest BCUT2D eigenvalue weighted by Crippen LogP contribution is -2.52. The Kier molecular flexibility index (Phi) is 4.31. The number of carbonyl (C=O) groups is 1. The van der Waals surface area contributed by atoms with E-state index in [4.69, 9.17) is 9.47 Å². The first-order valence-electron chi connectivity index (χ1n) is 8.76. The lowest BCUT2D eigenvalue weighted by Gasteiger charge is -2.56. The van der Waals surface area contributed by atoms with E-state index in [-0.39, 0.29) is 24.3 Å². The van der Waals surface area contributed by atoms with E-state index in [2.05, 4.69) is 13.8 Å². The number of esters is 1. The zero-order valence-electron chi connectivity index (χ0n) is 13.8. The predicted molar refractivity (Wildman–Crippen MR) is 81.6 cm³/mol. The molecule has 0 aromatic rings. The van der Waals surface area contributed by atoms with Crippen LogP contribution in [0.1, 0.15) is 65.7 Å². The third kappa shape index (κ3) is 3.44. The van der Waals surface area contributed by atoms with Gasteiger partial charge in [-0.25, -0.2) is 0 Å². The number of hydrogen-bond acceptors (Lipinski definition) is 3. The van der Waals surface area contributed by atoms with Gasteiger partial charge in [-0.05, 0) is 68.6 Å². The molecule has 3 heteroatoms. The minimum absolute atomic E-state index is 0.0232. The first-order chi connectivity index (χ1) is 9.96. The summed E-state index contributed by atoms with van der Waals surface area (Å²) in [5.41, 5.74) is 0.0380. The maximum absolute atomic E-state index is 12.0. The van der Waals surface area contributed by atoms with Gasteiger partial charge in [0.05, 0.1) is 11.5 Å². The summed E-state index contributed by atoms with van der Waals surface area (Å²) >= 11 is 0. The Morgan fingerprint density at radius 1 is 1.05 bits per heavy atom. The fraction of sp³-hybridized carbons (Fsp3) is 0.944. The van der Waals surface area contributed by atoms with Crippen LogP contribution in [0.2, 0.25) is 0 Å². The quantitative estimate of drug-likeness (QED) is 0.545. The molecule has 0 amide bonds. The molecule has 0 aromatic carbocycles. The van der Waals surface area contributed by atoms with Crippen LogP contribution < -0.4 is 0 Å². The molecule has 4 saturated carbocycles. The summed E-state index contributed by atoms with van der Waals surface area (Å²) in [5.74, 6) is 3.00. The summed E-state index contributed by atoms with van der Waals surface area (Å²) in [4.78, 5) is 12.0. The van der Waals surface area contributed by atoms with E-state index in [1.807, 2.05) is 6.92 Å². The highest BCUT2D eigenvalue weighted by atomic mass is 16.7. The first-order valence-corrected chi connectivity index (χ1v) is 8.76. The molecule has 4 aliphatic carbocycles. The first kappa shape index (κ1) is 15.3. The number of rotatable bonds is 6. The van der Waals surface area contributed by atoms with Gasteiger partial charge >= 0.3 is 5.97 Å². The van der Waals surface area contributed by atoms with Crippen molar-refractivity contribution in [1.82, 2.24) is 0 Å². The van der Waals surface area contributed by atoms with Crippen molar-refractivity contribution in [2.24, 2.45) is 29.6 Å². The van der Waals surface area contributed by atoms with Crippen LogP contribution in [0.3, 0.4) is 0 Å². The van der Waals surface area contributed by atoms with Crippen molar-refractivity contribution >= 4 is 5.97 Å². The molecule has 0 aromatic heterocycles. The molecule has 3 nitrogen and oxygen atoms in total. The third-order valence-electron chi connectivity index (χ3n) is 5.78. The van der Waals surface area contributed by atoms with Crippen molar-refractivity contribution in [2.45, 2.75) is 71.3 Å². The summed E-state index contributed by atoms with van der Waals surface area (Å²) < 4.78 is 11.5. The zero-order valence-corrected chi connectivity index (χ0v) is 13.8. The van der Waals surface area contributed by atoms with E-state index in [1.54, 1.807) is 0 Å². The molecule has 4 bridgehead atoms. The molecule has 0 aliphatic heterocycles. The predicted octanol–water partition coefficient (Wildman–Crippen LogP) is 4.15. The Labute approximate surface area is 128 Å². The molecule has 4 rings (SSSR count). The van der Waals surface area contributed by atoms with Crippen LogP contribution in [0.25, 0.3) is 0 Å². The molecule has 0 radical (unpaired) electrons. The fourth-order valence-corrected chi connectivity index (χ4v) is 5.37. The third-order valence-corrected chi connectivity index (χ3v) is 5.78. The SMILES string of the molecule is CC(C)CC(C)C(=O)OCOC12CC3CC(CC(C3)C1)C2. The molecule has 120 valence electrons. The molecular formula is C18H30O3. The molecule has 4 aliphatic rings. The van der Waals surface area contributed by atoms with E-state index < -0.39 is 0 Å². The monoisotopic (exact) mass is 294 g/mol. The van der Waals surface area contributed by atoms with Gasteiger partial charge in [0, 0.05) is 0 Å². The maximum Gasteiger partial charge on any atom is 0.310 e. The van der Waals surface area contributed by atoms with E-state index >= 15 is 0 Å². The fourth-order valence-electron chi connectivity index (χ4n) is 5.37. The van der Waals surface area contributed by atoms with Crippen LogP contribution in [0.15, 0.2) is 0 Å². The van der Waals surface area contributed by atoms with Crippen molar-refractivity contribution in [3.05, 3.63) is 0 Å². The Morgan fingerprint density at radius 3 is 2.05 bits per heavy atom. The minimum atomic E-state index is -0.103. The van der Waals surface area contributed by atoms with Gasteiger partial charge in [0.15, 0.2) is 6.79 Å². The maximum atomic E-state index is 12.0. The largest absolute Gasteiger partial charge is 0.438 e. The second-order valence-corrected chi connectivity index (χ2v) is 8.36. The van der Waals surface area contributed by atoms with Gasteiger partial charge in [-0.3, -0.25) is 4.79 Å². The van der Waals surface area contributed by atoms with Crippen LogP contribution in [-0.2, 0) is 14.3 Å². The number of carbonyl (C=O) groups excluding carboxylic acids is 1. The standard InChI is InChI=1S/C18H30O3/c1-12(2)4-13(3)17(19)20-11-21-18-8-14-5-15(9-18)7-16(6-14)10-18/h12-16H,4-11H2,1-3H3. The van der Waals surface area contributed by atoms with Gasteiger partial charge < -0.3 is 9.47 Å². The van der Waals surface area contributed by atoms with Gasteiger partial charge in [-0.2, -0.15) is 0 Å². The average Bonchev–Trinajstić information content (AvgIpc) is 2.35. The summed E-state index contributed by atoms with van der Waals surface area (Å²) in [6, 6.07) is 0. The normalized spacial score (nSPS) is 38.8. The topological polar surface area (TPSA) is 35.5 Å². The van der Waals surface area contributed by atoms with E-state index in [0.717, 1.165) is 24.2 Å². The molecule has 0 heterocycles. The second-order valence-electron chi connectivity index (χ2n) is 8.36. The van der Waals surface area contributed by atoms with E-state index in [1.165, 1.54) is 38.5 Å². The minimum Gasteiger partial charge on any atom is -0.438 e. The summed E-state index contributed by atoms with van der Waals surface area (Å²) in [7, 11) is 0. The zero-order chi connectivity index (χ0) is 15.0. The molecule has 21 heavy (non-hydrogen) atoms. The van der Waals surface area contributed by atoms with Crippen molar-refractivity contribution in [1.29, 1.82) is 0 Å². The Morgan fingerprint density at radius 2 is 1.57 bits per heavy atom. The van der Waals surface area contributed by atoms with E-state index in [9.17, 15) is 4.79 Å². The highest BCUT2D eigenvalue weighted by Crippen LogP contribution is 2.57. The van der Waals surface area contributed by atoms with Crippen LogP contribution in [-0.4, -0.2) is 18.4 Å². The smallest absolute Gasteiger partial charge is 0.310 e. The molecule has 1 atom stereocenters. The second kappa shape index (κ2) is 5.91. The molecule has 0 spiro atoms. The average molecular weight is 294 g/mol. The molecule has 1 unspecified atom stereocenters. The molecular weight excluding hydrogens is 264 g/mol. The highest BCUT2D eigenvalue weighted by molar-refractivity contribution is 5.71. The van der Waals surface area contributed by atoms with Crippen molar-refractivity contribution < 1.29 is 14.3 Å². The Bertz CT molecular complexity index is 353. The van der Waals surface area contributed by atoms with Gasteiger partial charge in [0.25, 0.3) is 0 Å². The van der Waals surface area contributed by atoms with Crippen molar-refractivity contribution in [2.75, 3.05) is 6.79 Å². The number of hydrogen-bond donors (Lipinski definition) is 0. The van der Waals surface area contributed by atoms with Crippen molar-refractivity contribution in [3.63, 3.8) is 0 Å². The van der Waals surface area contributed by atoms with Gasteiger partial charge in [-0.15, -0.1) is 0 Å².